The van der Waals surface area contributed by atoms with Crippen LogP contribution in [0.25, 0.3) is 22.2 Å². The van der Waals surface area contributed by atoms with Crippen molar-refractivity contribution < 1.29 is 4.74 Å². The number of benzene rings is 2. The molecule has 2 N–H and O–H groups in total. The maximum Gasteiger partial charge on any atom is 0.146 e. The summed E-state index contributed by atoms with van der Waals surface area (Å²) in [5, 5.41) is 0.933. The molecule has 140 valence electrons. The summed E-state index contributed by atoms with van der Waals surface area (Å²) in [5.41, 5.74) is 10.5. The number of hydrogen-bond acceptors (Lipinski definition) is 4. The van der Waals surface area contributed by atoms with Gasteiger partial charge in [-0.05, 0) is 24.0 Å². The van der Waals surface area contributed by atoms with E-state index < -0.39 is 0 Å². The van der Waals surface area contributed by atoms with Crippen LogP contribution in [0.4, 0.5) is 5.82 Å². The van der Waals surface area contributed by atoms with Gasteiger partial charge in [-0.25, -0.2) is 9.97 Å². The summed E-state index contributed by atoms with van der Waals surface area (Å²) >= 11 is 0. The van der Waals surface area contributed by atoms with E-state index in [1.165, 1.54) is 5.56 Å². The number of anilines is 1. The third-order valence-electron chi connectivity index (χ3n) is 5.52. The number of hydrogen-bond donors (Lipinski definition) is 1. The van der Waals surface area contributed by atoms with Gasteiger partial charge in [-0.15, -0.1) is 0 Å². The maximum atomic E-state index is 6.22. The van der Waals surface area contributed by atoms with E-state index in [1.54, 1.807) is 6.33 Å². The number of nitrogen functional groups attached to an aromatic ring is 1. The Labute approximate surface area is 163 Å². The lowest BCUT2D eigenvalue weighted by Crippen LogP contribution is -2.33. The Balaban J connectivity index is 1.38. The molecule has 0 bridgehead atoms. The fourth-order valence-electron chi connectivity index (χ4n) is 3.91. The zero-order chi connectivity index (χ0) is 18.9. The van der Waals surface area contributed by atoms with Crippen LogP contribution in [0.3, 0.4) is 0 Å². The summed E-state index contributed by atoms with van der Waals surface area (Å²) in [5.74, 6) is 0.527. The molecule has 5 rings (SSSR count). The van der Waals surface area contributed by atoms with Gasteiger partial charge >= 0.3 is 0 Å². The quantitative estimate of drug-likeness (QED) is 0.557. The first-order valence-electron chi connectivity index (χ1n) is 9.61. The second-order valence-corrected chi connectivity index (χ2v) is 7.32. The van der Waals surface area contributed by atoms with Crippen LogP contribution in [0.15, 0.2) is 73.2 Å². The molecule has 2 aromatic heterocycles. The Morgan fingerprint density at radius 3 is 2.43 bits per heavy atom. The van der Waals surface area contributed by atoms with Gasteiger partial charge in [0.1, 0.15) is 17.8 Å². The minimum atomic E-state index is 0.280. The van der Waals surface area contributed by atoms with Gasteiger partial charge in [0.15, 0.2) is 0 Å². The Morgan fingerprint density at radius 1 is 0.964 bits per heavy atom. The van der Waals surface area contributed by atoms with Gasteiger partial charge in [0, 0.05) is 17.8 Å². The van der Waals surface area contributed by atoms with E-state index in [-0.39, 0.29) is 6.10 Å². The molecule has 4 aromatic rings. The number of nitrogens with zero attached hydrogens (tertiary/aromatic N) is 3. The number of rotatable bonds is 5. The molecule has 28 heavy (non-hydrogen) atoms. The van der Waals surface area contributed by atoms with Gasteiger partial charge in [-0.2, -0.15) is 0 Å². The zero-order valence-electron chi connectivity index (χ0n) is 15.5. The second-order valence-electron chi connectivity index (χ2n) is 7.32. The van der Waals surface area contributed by atoms with Crippen molar-refractivity contribution in [1.82, 2.24) is 14.5 Å². The molecule has 0 saturated heterocycles. The van der Waals surface area contributed by atoms with E-state index in [2.05, 4.69) is 45.0 Å². The molecule has 1 aliphatic rings. The number of ether oxygens (including phenoxy) is 1. The summed E-state index contributed by atoms with van der Waals surface area (Å²) in [6.45, 7) is 0.662. The standard InChI is InChI=1S/C23H22N4O/c24-22-21-20(17-9-5-2-6-10-17)13-27(23(21)26-15-25-22)18-11-19(12-18)28-14-16-7-3-1-4-8-16/h1-10,13,15,18-19H,11-12,14H2,(H2,24,25,26). The molecule has 1 saturated carbocycles. The number of nitrogens with two attached hydrogens (primary N) is 1. The van der Waals surface area contributed by atoms with Crippen LogP contribution in [-0.4, -0.2) is 20.6 Å². The van der Waals surface area contributed by atoms with Crippen LogP contribution in [-0.2, 0) is 11.3 Å². The number of fused-ring (bicyclic) bond motifs is 1. The normalized spacial score (nSPS) is 18.9. The van der Waals surface area contributed by atoms with Crippen molar-refractivity contribution in [3.63, 3.8) is 0 Å². The molecule has 0 unspecified atom stereocenters. The second kappa shape index (κ2) is 7.09. The highest BCUT2D eigenvalue weighted by Crippen LogP contribution is 2.41. The third-order valence-corrected chi connectivity index (χ3v) is 5.52. The van der Waals surface area contributed by atoms with Crippen molar-refractivity contribution in [2.75, 3.05) is 5.73 Å². The predicted octanol–water partition coefficient (Wildman–Crippen LogP) is 4.60. The van der Waals surface area contributed by atoms with Crippen LogP contribution in [0.1, 0.15) is 24.4 Å². The smallest absolute Gasteiger partial charge is 0.146 e. The highest BCUT2D eigenvalue weighted by atomic mass is 16.5. The lowest BCUT2D eigenvalue weighted by Gasteiger charge is -2.36. The summed E-state index contributed by atoms with van der Waals surface area (Å²) in [7, 11) is 0. The van der Waals surface area contributed by atoms with Crippen molar-refractivity contribution in [1.29, 1.82) is 0 Å². The van der Waals surface area contributed by atoms with Crippen LogP contribution >= 0.6 is 0 Å². The van der Waals surface area contributed by atoms with E-state index in [0.717, 1.165) is 35.0 Å². The summed E-state index contributed by atoms with van der Waals surface area (Å²) < 4.78 is 8.32. The SMILES string of the molecule is Nc1ncnc2c1c(-c1ccccc1)cn2C1CC(OCc2ccccc2)C1. The van der Waals surface area contributed by atoms with Gasteiger partial charge in [0.25, 0.3) is 0 Å². The molecule has 0 atom stereocenters. The first kappa shape index (κ1) is 17.0. The Kier molecular flexibility index (Phi) is 4.29. The highest BCUT2D eigenvalue weighted by molar-refractivity contribution is 6.00. The molecule has 5 nitrogen and oxygen atoms in total. The minimum absolute atomic E-state index is 0.280. The van der Waals surface area contributed by atoms with E-state index >= 15 is 0 Å². The average molecular weight is 370 g/mol. The molecule has 5 heteroatoms. The fourth-order valence-corrected chi connectivity index (χ4v) is 3.91. The van der Waals surface area contributed by atoms with Crippen molar-refractivity contribution in [2.24, 2.45) is 0 Å². The third kappa shape index (κ3) is 3.04. The van der Waals surface area contributed by atoms with Gasteiger partial charge in [0.2, 0.25) is 0 Å². The average Bonchev–Trinajstić information content (AvgIpc) is 3.09. The van der Waals surface area contributed by atoms with Crippen molar-refractivity contribution in [2.45, 2.75) is 31.6 Å². The van der Waals surface area contributed by atoms with Gasteiger partial charge in [-0.3, -0.25) is 0 Å². The molecule has 0 spiro atoms. The minimum Gasteiger partial charge on any atom is -0.383 e. The largest absolute Gasteiger partial charge is 0.383 e. The number of aromatic nitrogens is 3. The van der Waals surface area contributed by atoms with Crippen molar-refractivity contribution >= 4 is 16.9 Å². The van der Waals surface area contributed by atoms with Gasteiger partial charge in [0.05, 0.1) is 18.1 Å². The predicted molar refractivity (Wildman–Crippen MR) is 111 cm³/mol. The molecule has 2 heterocycles. The molecule has 0 aliphatic heterocycles. The van der Waals surface area contributed by atoms with E-state index in [4.69, 9.17) is 10.5 Å². The first-order chi connectivity index (χ1) is 13.8. The monoisotopic (exact) mass is 370 g/mol. The Morgan fingerprint density at radius 2 is 1.68 bits per heavy atom. The molecule has 0 radical (unpaired) electrons. The lowest BCUT2D eigenvalue weighted by molar-refractivity contribution is -0.0347. The van der Waals surface area contributed by atoms with Crippen LogP contribution in [0.2, 0.25) is 0 Å². The molecule has 0 amide bonds. The molecular formula is C23H22N4O. The molecule has 1 fully saturated rings. The van der Waals surface area contributed by atoms with E-state index in [1.807, 2.05) is 36.4 Å². The summed E-state index contributed by atoms with van der Waals surface area (Å²) in [4.78, 5) is 8.76. The molecular weight excluding hydrogens is 348 g/mol. The van der Waals surface area contributed by atoms with Gasteiger partial charge < -0.3 is 15.0 Å². The van der Waals surface area contributed by atoms with Crippen LogP contribution in [0, 0.1) is 0 Å². The Bertz CT molecular complexity index is 1090. The van der Waals surface area contributed by atoms with Crippen molar-refractivity contribution in [3.05, 3.63) is 78.8 Å². The molecule has 1 aliphatic carbocycles. The molecule has 2 aromatic carbocycles. The lowest BCUT2D eigenvalue weighted by atomic mass is 9.89. The van der Waals surface area contributed by atoms with E-state index in [0.29, 0.717) is 18.5 Å². The first-order valence-corrected chi connectivity index (χ1v) is 9.61. The summed E-state index contributed by atoms with van der Waals surface area (Å²) in [6.07, 6.45) is 5.96. The Hall–Kier alpha value is -3.18. The maximum absolute atomic E-state index is 6.22. The summed E-state index contributed by atoms with van der Waals surface area (Å²) in [6, 6.07) is 21.0. The van der Waals surface area contributed by atoms with E-state index in [9.17, 15) is 0 Å². The highest BCUT2D eigenvalue weighted by Gasteiger charge is 2.33. The van der Waals surface area contributed by atoms with Crippen LogP contribution in [0.5, 0.6) is 0 Å². The van der Waals surface area contributed by atoms with Crippen LogP contribution < -0.4 is 5.73 Å². The zero-order valence-corrected chi connectivity index (χ0v) is 15.5. The van der Waals surface area contributed by atoms with Crippen molar-refractivity contribution in [3.8, 4) is 11.1 Å². The van der Waals surface area contributed by atoms with Gasteiger partial charge in [-0.1, -0.05) is 60.7 Å². The fraction of sp³-hybridized carbons (Fsp3) is 0.217. The topological polar surface area (TPSA) is 66.0 Å².